The van der Waals surface area contributed by atoms with Crippen molar-refractivity contribution in [2.24, 2.45) is 0 Å². The highest BCUT2D eigenvalue weighted by atomic mass is 16.5. The molecule has 0 saturated carbocycles. The highest BCUT2D eigenvalue weighted by Gasteiger charge is 2.36. The Labute approximate surface area is 208 Å². The number of rotatable bonds is 9. The summed E-state index contributed by atoms with van der Waals surface area (Å²) < 4.78 is 17.0. The van der Waals surface area contributed by atoms with Gasteiger partial charge in [-0.3, -0.25) is 19.8 Å². The fourth-order valence-electron chi connectivity index (χ4n) is 3.91. The molecule has 3 aromatic rings. The van der Waals surface area contributed by atoms with Gasteiger partial charge in [-0.2, -0.15) is 0 Å². The van der Waals surface area contributed by atoms with Crippen LogP contribution in [0.3, 0.4) is 0 Å². The number of amides is 4. The molecule has 2 heterocycles. The van der Waals surface area contributed by atoms with Crippen molar-refractivity contribution >= 4 is 23.9 Å². The van der Waals surface area contributed by atoms with Gasteiger partial charge in [0.15, 0.2) is 11.5 Å². The van der Waals surface area contributed by atoms with Gasteiger partial charge >= 0.3 is 6.03 Å². The lowest BCUT2D eigenvalue weighted by Gasteiger charge is -2.25. The lowest BCUT2D eigenvalue weighted by molar-refractivity contribution is -0.130. The van der Waals surface area contributed by atoms with E-state index in [1.807, 2.05) is 31.2 Å². The minimum Gasteiger partial charge on any atom is -0.493 e. The number of imide groups is 2. The molecule has 1 saturated heterocycles. The Bertz CT molecular complexity index is 1340. The number of hydrogen-bond acceptors (Lipinski definition) is 6. The van der Waals surface area contributed by atoms with Crippen LogP contribution in [-0.4, -0.2) is 29.9 Å². The van der Waals surface area contributed by atoms with Gasteiger partial charge in [0.05, 0.1) is 19.9 Å². The summed E-state index contributed by atoms with van der Waals surface area (Å²) >= 11 is 0. The van der Waals surface area contributed by atoms with Crippen molar-refractivity contribution in [1.29, 1.82) is 0 Å². The Morgan fingerprint density at radius 1 is 1.11 bits per heavy atom. The lowest BCUT2D eigenvalue weighted by Crippen LogP contribution is -2.53. The number of carbonyl (C=O) groups is 3. The number of hydrogen-bond donors (Lipinski definition) is 1. The molecule has 4 rings (SSSR count). The van der Waals surface area contributed by atoms with Crippen molar-refractivity contribution in [2.75, 3.05) is 7.11 Å². The standard InChI is InChI=1S/C28H26N2O6/c1-4-7-21-13-20(15-24(34-3)25(21)36-17-19-9-5-8-18(2)12-19)14-23-26(31)29-28(33)30(27(23)32)16-22-10-6-11-35-22/h4-6,8-15H,1,7,16-17H2,2-3H3,(H,29,31,33)/b23-14+. The van der Waals surface area contributed by atoms with Gasteiger partial charge < -0.3 is 13.9 Å². The third-order valence-corrected chi connectivity index (χ3v) is 5.59. The molecule has 1 aliphatic heterocycles. The zero-order valence-electron chi connectivity index (χ0n) is 20.1. The molecule has 8 nitrogen and oxygen atoms in total. The Morgan fingerprint density at radius 2 is 1.94 bits per heavy atom. The Balaban J connectivity index is 1.65. The van der Waals surface area contributed by atoms with Crippen LogP contribution in [-0.2, 0) is 29.2 Å². The zero-order chi connectivity index (χ0) is 25.7. The van der Waals surface area contributed by atoms with E-state index in [9.17, 15) is 14.4 Å². The van der Waals surface area contributed by atoms with Gasteiger partial charge in [-0.25, -0.2) is 4.79 Å². The van der Waals surface area contributed by atoms with Crippen LogP contribution < -0.4 is 14.8 Å². The predicted molar refractivity (Wildman–Crippen MR) is 133 cm³/mol. The first-order valence-electron chi connectivity index (χ1n) is 11.3. The maximum atomic E-state index is 13.1. The topological polar surface area (TPSA) is 98.1 Å². The van der Waals surface area contributed by atoms with Gasteiger partial charge in [-0.05, 0) is 54.8 Å². The van der Waals surface area contributed by atoms with E-state index in [2.05, 4.69) is 11.9 Å². The largest absolute Gasteiger partial charge is 0.493 e. The minimum atomic E-state index is -0.802. The average molecular weight is 487 g/mol. The fourth-order valence-corrected chi connectivity index (χ4v) is 3.91. The molecule has 0 radical (unpaired) electrons. The van der Waals surface area contributed by atoms with E-state index in [-0.39, 0.29) is 12.1 Å². The Morgan fingerprint density at radius 3 is 2.64 bits per heavy atom. The van der Waals surface area contributed by atoms with E-state index in [1.54, 1.807) is 30.3 Å². The molecule has 0 atom stereocenters. The molecule has 1 aliphatic rings. The lowest BCUT2D eigenvalue weighted by atomic mass is 10.0. The van der Waals surface area contributed by atoms with Crippen molar-refractivity contribution in [2.45, 2.75) is 26.5 Å². The number of methoxy groups -OCH3 is 1. The van der Waals surface area contributed by atoms with Crippen molar-refractivity contribution in [3.63, 3.8) is 0 Å². The van der Waals surface area contributed by atoms with Crippen LogP contribution in [0.2, 0.25) is 0 Å². The minimum absolute atomic E-state index is 0.0982. The van der Waals surface area contributed by atoms with E-state index in [4.69, 9.17) is 13.9 Å². The first-order valence-corrected chi connectivity index (χ1v) is 11.3. The first-order chi connectivity index (χ1) is 17.4. The highest BCUT2D eigenvalue weighted by Crippen LogP contribution is 2.35. The van der Waals surface area contributed by atoms with Crippen LogP contribution in [0.15, 0.2) is 77.4 Å². The number of ether oxygens (including phenoxy) is 2. The van der Waals surface area contributed by atoms with Crippen LogP contribution in [0.4, 0.5) is 4.79 Å². The molecule has 1 N–H and O–H groups in total. The first kappa shape index (κ1) is 24.5. The van der Waals surface area contributed by atoms with Crippen LogP contribution in [0.1, 0.15) is 28.0 Å². The monoisotopic (exact) mass is 486 g/mol. The number of aryl methyl sites for hydroxylation is 1. The molecule has 184 valence electrons. The summed E-state index contributed by atoms with van der Waals surface area (Å²) in [5, 5.41) is 2.21. The molecule has 4 amide bonds. The summed E-state index contributed by atoms with van der Waals surface area (Å²) in [5.74, 6) is -0.0812. The molecule has 0 aliphatic carbocycles. The normalized spacial score (nSPS) is 14.7. The van der Waals surface area contributed by atoms with Gasteiger partial charge in [-0.15, -0.1) is 6.58 Å². The van der Waals surface area contributed by atoms with Crippen LogP contribution in [0, 0.1) is 6.92 Å². The number of allylic oxidation sites excluding steroid dienone is 1. The van der Waals surface area contributed by atoms with E-state index >= 15 is 0 Å². The van der Waals surface area contributed by atoms with Gasteiger partial charge in [-0.1, -0.05) is 35.9 Å². The molecule has 0 bridgehead atoms. The van der Waals surface area contributed by atoms with E-state index in [0.717, 1.165) is 21.6 Å². The van der Waals surface area contributed by atoms with Gasteiger partial charge in [0.1, 0.15) is 17.9 Å². The maximum absolute atomic E-state index is 13.1. The van der Waals surface area contributed by atoms with Crippen molar-refractivity contribution in [1.82, 2.24) is 10.2 Å². The SMILES string of the molecule is C=CCc1cc(/C=C2\C(=O)NC(=O)N(Cc3ccco3)C2=O)cc(OC)c1OCc1cccc(C)c1. The second kappa shape index (κ2) is 10.8. The number of nitrogens with one attached hydrogen (secondary N) is 1. The summed E-state index contributed by atoms with van der Waals surface area (Å²) in [6.45, 7) is 6.08. The third-order valence-electron chi connectivity index (χ3n) is 5.59. The molecule has 1 fully saturated rings. The number of carbonyl (C=O) groups excluding carboxylic acids is 3. The van der Waals surface area contributed by atoms with E-state index in [0.29, 0.717) is 35.9 Å². The second-order valence-corrected chi connectivity index (χ2v) is 8.27. The van der Waals surface area contributed by atoms with Crippen molar-refractivity contribution in [3.8, 4) is 11.5 Å². The molecule has 2 aromatic carbocycles. The molecule has 8 heteroatoms. The van der Waals surface area contributed by atoms with Crippen molar-refractivity contribution in [3.05, 3.63) is 101 Å². The second-order valence-electron chi connectivity index (χ2n) is 8.27. The number of benzene rings is 2. The zero-order valence-corrected chi connectivity index (χ0v) is 20.1. The molecular formula is C28H26N2O6. The van der Waals surface area contributed by atoms with Gasteiger partial charge in [0.25, 0.3) is 11.8 Å². The number of furan rings is 1. The molecule has 0 unspecified atom stereocenters. The molecule has 0 spiro atoms. The average Bonchev–Trinajstić information content (AvgIpc) is 3.37. The maximum Gasteiger partial charge on any atom is 0.331 e. The van der Waals surface area contributed by atoms with Crippen molar-refractivity contribution < 1.29 is 28.3 Å². The van der Waals surface area contributed by atoms with Gasteiger partial charge in [0.2, 0.25) is 0 Å². The summed E-state index contributed by atoms with van der Waals surface area (Å²) in [5.41, 5.74) is 3.28. The summed E-state index contributed by atoms with van der Waals surface area (Å²) in [6.07, 6.45) is 5.07. The Hall–Kier alpha value is -4.59. The predicted octanol–water partition coefficient (Wildman–Crippen LogP) is 4.57. The van der Waals surface area contributed by atoms with Crippen LogP contribution in [0.5, 0.6) is 11.5 Å². The molecule has 1 aromatic heterocycles. The molecule has 36 heavy (non-hydrogen) atoms. The molecular weight excluding hydrogens is 460 g/mol. The Kier molecular flexibility index (Phi) is 7.34. The van der Waals surface area contributed by atoms with E-state index in [1.165, 1.54) is 19.4 Å². The summed E-state index contributed by atoms with van der Waals surface area (Å²) in [4.78, 5) is 38.8. The third kappa shape index (κ3) is 5.38. The summed E-state index contributed by atoms with van der Waals surface area (Å²) in [6, 6.07) is 14.0. The number of urea groups is 1. The number of nitrogens with zero attached hydrogens (tertiary/aromatic N) is 1. The smallest absolute Gasteiger partial charge is 0.331 e. The fraction of sp³-hybridized carbons (Fsp3) is 0.179. The van der Waals surface area contributed by atoms with Crippen LogP contribution >= 0.6 is 0 Å². The van der Waals surface area contributed by atoms with E-state index < -0.39 is 17.8 Å². The quantitative estimate of drug-likeness (QED) is 0.270. The highest BCUT2D eigenvalue weighted by molar-refractivity contribution is 6.30. The number of barbiturate groups is 1. The van der Waals surface area contributed by atoms with Crippen LogP contribution in [0.25, 0.3) is 6.08 Å². The summed E-state index contributed by atoms with van der Waals surface area (Å²) in [7, 11) is 1.52. The van der Waals surface area contributed by atoms with Gasteiger partial charge in [0, 0.05) is 5.56 Å².